The predicted octanol–water partition coefficient (Wildman–Crippen LogP) is 3.71. The first kappa shape index (κ1) is 13.7. The molecule has 1 aromatic carbocycles. The summed E-state index contributed by atoms with van der Waals surface area (Å²) in [6.07, 6.45) is 3.56. The van der Waals surface area contributed by atoms with Gasteiger partial charge in [-0.25, -0.2) is 9.97 Å². The molecule has 3 heterocycles. The van der Waals surface area contributed by atoms with E-state index in [9.17, 15) is 4.79 Å². The van der Waals surface area contributed by atoms with Gasteiger partial charge in [0.1, 0.15) is 11.3 Å². The van der Waals surface area contributed by atoms with Gasteiger partial charge in [-0.2, -0.15) is 0 Å². The second-order valence-electron chi connectivity index (χ2n) is 4.95. The number of carbonyl (C=O) groups excluding carboxylic acids is 1. The molecule has 5 nitrogen and oxygen atoms in total. The molecule has 0 radical (unpaired) electrons. The van der Waals surface area contributed by atoms with E-state index >= 15 is 0 Å². The SMILES string of the molecule is O=C(Nc1nc(-c2ccccc2)cs1)c1cn2ccccc2n1. The van der Waals surface area contributed by atoms with Crippen molar-refractivity contribution in [2.75, 3.05) is 5.32 Å². The minimum Gasteiger partial charge on any atom is -0.306 e. The zero-order chi connectivity index (χ0) is 15.6. The highest BCUT2D eigenvalue weighted by atomic mass is 32.1. The number of imidazole rings is 1. The van der Waals surface area contributed by atoms with Gasteiger partial charge in [-0.1, -0.05) is 36.4 Å². The number of rotatable bonds is 3. The van der Waals surface area contributed by atoms with Gasteiger partial charge in [0.05, 0.1) is 5.69 Å². The summed E-state index contributed by atoms with van der Waals surface area (Å²) in [7, 11) is 0. The highest BCUT2D eigenvalue weighted by Crippen LogP contribution is 2.24. The Hall–Kier alpha value is -2.99. The number of nitrogens with zero attached hydrogens (tertiary/aromatic N) is 3. The Morgan fingerprint density at radius 1 is 1.04 bits per heavy atom. The fourth-order valence-corrected chi connectivity index (χ4v) is 2.99. The largest absolute Gasteiger partial charge is 0.306 e. The van der Waals surface area contributed by atoms with Crippen LogP contribution in [-0.4, -0.2) is 20.3 Å². The van der Waals surface area contributed by atoms with Crippen molar-refractivity contribution in [3.8, 4) is 11.3 Å². The van der Waals surface area contributed by atoms with Crippen molar-refractivity contribution in [3.63, 3.8) is 0 Å². The van der Waals surface area contributed by atoms with Crippen molar-refractivity contribution in [3.05, 3.63) is 72.0 Å². The third-order valence-electron chi connectivity index (χ3n) is 3.39. The maximum absolute atomic E-state index is 12.3. The summed E-state index contributed by atoms with van der Waals surface area (Å²) < 4.78 is 1.81. The van der Waals surface area contributed by atoms with E-state index in [0.717, 1.165) is 16.9 Å². The Balaban J connectivity index is 1.56. The number of fused-ring (bicyclic) bond motifs is 1. The lowest BCUT2D eigenvalue weighted by Crippen LogP contribution is -2.12. The Morgan fingerprint density at radius 2 is 1.87 bits per heavy atom. The first-order valence-corrected chi connectivity index (χ1v) is 7.93. The number of hydrogen-bond acceptors (Lipinski definition) is 4. The van der Waals surface area contributed by atoms with E-state index in [-0.39, 0.29) is 5.91 Å². The monoisotopic (exact) mass is 320 g/mol. The summed E-state index contributed by atoms with van der Waals surface area (Å²) >= 11 is 1.40. The minimum absolute atomic E-state index is 0.261. The van der Waals surface area contributed by atoms with Gasteiger partial charge in [-0.05, 0) is 12.1 Å². The smallest absolute Gasteiger partial charge is 0.277 e. The second kappa shape index (κ2) is 5.66. The molecule has 0 atom stereocenters. The molecule has 0 saturated heterocycles. The number of hydrogen-bond donors (Lipinski definition) is 1. The fourth-order valence-electron chi connectivity index (χ4n) is 2.28. The van der Waals surface area contributed by atoms with E-state index in [1.165, 1.54) is 11.3 Å². The van der Waals surface area contributed by atoms with Gasteiger partial charge in [-0.3, -0.25) is 10.1 Å². The fraction of sp³-hybridized carbons (Fsp3) is 0. The maximum Gasteiger partial charge on any atom is 0.277 e. The van der Waals surface area contributed by atoms with Gasteiger partial charge >= 0.3 is 0 Å². The summed E-state index contributed by atoms with van der Waals surface area (Å²) in [5, 5.41) is 5.29. The van der Waals surface area contributed by atoms with Crippen molar-refractivity contribution in [2.45, 2.75) is 0 Å². The molecule has 1 amide bonds. The number of anilines is 1. The van der Waals surface area contributed by atoms with Crippen LogP contribution in [0.4, 0.5) is 5.13 Å². The lowest BCUT2D eigenvalue weighted by Gasteiger charge is -1.97. The van der Waals surface area contributed by atoms with E-state index in [4.69, 9.17) is 0 Å². The van der Waals surface area contributed by atoms with Crippen LogP contribution in [0.15, 0.2) is 66.3 Å². The molecule has 0 aliphatic heterocycles. The van der Waals surface area contributed by atoms with Crippen molar-refractivity contribution >= 4 is 28.0 Å². The number of amides is 1. The van der Waals surface area contributed by atoms with E-state index in [2.05, 4.69) is 15.3 Å². The average molecular weight is 320 g/mol. The van der Waals surface area contributed by atoms with E-state index in [1.54, 1.807) is 6.20 Å². The number of pyridine rings is 1. The van der Waals surface area contributed by atoms with Crippen LogP contribution in [0.2, 0.25) is 0 Å². The molecule has 0 spiro atoms. The van der Waals surface area contributed by atoms with Gasteiger partial charge in [0.2, 0.25) is 0 Å². The minimum atomic E-state index is -0.261. The van der Waals surface area contributed by atoms with E-state index in [0.29, 0.717) is 10.8 Å². The molecule has 0 aliphatic rings. The molecular weight excluding hydrogens is 308 g/mol. The average Bonchev–Trinajstić information content (AvgIpc) is 3.22. The molecule has 4 rings (SSSR count). The van der Waals surface area contributed by atoms with E-state index in [1.807, 2.05) is 64.5 Å². The Labute approximate surface area is 136 Å². The van der Waals surface area contributed by atoms with Crippen molar-refractivity contribution < 1.29 is 4.79 Å². The van der Waals surface area contributed by atoms with Gasteiger partial charge in [0.15, 0.2) is 5.13 Å². The number of benzene rings is 1. The molecule has 0 bridgehead atoms. The van der Waals surface area contributed by atoms with Gasteiger partial charge in [-0.15, -0.1) is 11.3 Å². The normalized spacial score (nSPS) is 10.8. The molecule has 23 heavy (non-hydrogen) atoms. The Bertz CT molecular complexity index is 941. The zero-order valence-electron chi connectivity index (χ0n) is 12.0. The number of aromatic nitrogens is 3. The zero-order valence-corrected chi connectivity index (χ0v) is 12.8. The topological polar surface area (TPSA) is 59.3 Å². The highest BCUT2D eigenvalue weighted by molar-refractivity contribution is 7.14. The second-order valence-corrected chi connectivity index (χ2v) is 5.81. The van der Waals surface area contributed by atoms with Crippen LogP contribution in [0.25, 0.3) is 16.9 Å². The molecule has 0 fully saturated rings. The van der Waals surface area contributed by atoms with Gasteiger partial charge < -0.3 is 4.40 Å². The molecule has 3 aromatic heterocycles. The van der Waals surface area contributed by atoms with Crippen LogP contribution < -0.4 is 5.32 Å². The molecule has 0 aliphatic carbocycles. The van der Waals surface area contributed by atoms with Crippen molar-refractivity contribution in [1.82, 2.24) is 14.4 Å². The summed E-state index contributed by atoms with van der Waals surface area (Å²) in [6.45, 7) is 0. The van der Waals surface area contributed by atoms with Crippen LogP contribution in [0.1, 0.15) is 10.5 Å². The van der Waals surface area contributed by atoms with Crippen LogP contribution in [0.3, 0.4) is 0 Å². The van der Waals surface area contributed by atoms with Crippen molar-refractivity contribution in [2.24, 2.45) is 0 Å². The third kappa shape index (κ3) is 2.72. The first-order valence-electron chi connectivity index (χ1n) is 7.06. The van der Waals surface area contributed by atoms with Gasteiger partial charge in [0, 0.05) is 23.3 Å². The Morgan fingerprint density at radius 3 is 2.70 bits per heavy atom. The van der Waals surface area contributed by atoms with E-state index < -0.39 is 0 Å². The van der Waals surface area contributed by atoms with Gasteiger partial charge in [0.25, 0.3) is 5.91 Å². The van der Waals surface area contributed by atoms with Crippen LogP contribution in [0, 0.1) is 0 Å². The summed E-state index contributed by atoms with van der Waals surface area (Å²) in [6, 6.07) is 15.5. The quantitative estimate of drug-likeness (QED) is 0.626. The summed E-state index contributed by atoms with van der Waals surface area (Å²) in [5.74, 6) is -0.261. The lowest BCUT2D eigenvalue weighted by atomic mass is 10.2. The van der Waals surface area contributed by atoms with Crippen molar-refractivity contribution in [1.29, 1.82) is 0 Å². The van der Waals surface area contributed by atoms with Crippen LogP contribution in [-0.2, 0) is 0 Å². The molecule has 112 valence electrons. The Kier molecular flexibility index (Phi) is 3.36. The molecule has 1 N–H and O–H groups in total. The number of thiazole rings is 1. The molecule has 6 heteroatoms. The maximum atomic E-state index is 12.3. The van der Waals surface area contributed by atoms with Crippen LogP contribution >= 0.6 is 11.3 Å². The molecular formula is C17H12N4OS. The molecule has 0 unspecified atom stereocenters. The molecule has 4 aromatic rings. The standard InChI is InChI=1S/C17H12N4OS/c22-16(13-10-21-9-5-4-8-15(21)18-13)20-17-19-14(11-23-17)12-6-2-1-3-7-12/h1-11H,(H,19,20,22). The number of nitrogens with one attached hydrogen (secondary N) is 1. The van der Waals surface area contributed by atoms with Crippen LogP contribution in [0.5, 0.6) is 0 Å². The molecule has 0 saturated carbocycles. The highest BCUT2D eigenvalue weighted by Gasteiger charge is 2.13. The summed E-state index contributed by atoms with van der Waals surface area (Å²) in [5.41, 5.74) is 2.98. The first-order chi connectivity index (χ1) is 11.3. The number of carbonyl (C=O) groups is 1. The third-order valence-corrected chi connectivity index (χ3v) is 4.15. The summed E-state index contributed by atoms with van der Waals surface area (Å²) in [4.78, 5) is 21.1. The predicted molar refractivity (Wildman–Crippen MR) is 90.7 cm³/mol. The lowest BCUT2D eigenvalue weighted by molar-refractivity contribution is 0.102.